The van der Waals surface area contributed by atoms with Crippen molar-refractivity contribution in [3.05, 3.63) is 24.3 Å². The van der Waals surface area contributed by atoms with Gasteiger partial charge in [0.2, 0.25) is 0 Å². The molecule has 1 atom stereocenters. The van der Waals surface area contributed by atoms with Crippen LogP contribution in [-0.4, -0.2) is 65.4 Å². The van der Waals surface area contributed by atoms with E-state index in [2.05, 4.69) is 17.0 Å². The van der Waals surface area contributed by atoms with Crippen molar-refractivity contribution in [2.75, 3.05) is 37.7 Å². The van der Waals surface area contributed by atoms with Crippen molar-refractivity contribution in [1.29, 1.82) is 0 Å². The quantitative estimate of drug-likeness (QED) is 0.874. The summed E-state index contributed by atoms with van der Waals surface area (Å²) in [5, 5.41) is 11.2. The normalized spacial score (nSPS) is 21.2. The number of fused-ring (bicyclic) bond motifs is 1. The molecule has 3 heterocycles. The zero-order chi connectivity index (χ0) is 19.0. The smallest absolute Gasteiger partial charge is 0.251 e. The maximum atomic E-state index is 12.6. The summed E-state index contributed by atoms with van der Waals surface area (Å²) >= 11 is 1.73. The molecule has 2 aliphatic heterocycles. The van der Waals surface area contributed by atoms with Gasteiger partial charge in [0.1, 0.15) is 6.10 Å². The van der Waals surface area contributed by atoms with E-state index in [1.54, 1.807) is 16.2 Å². The highest BCUT2D eigenvalue weighted by Crippen LogP contribution is 2.35. The van der Waals surface area contributed by atoms with E-state index in [1.807, 2.05) is 26.0 Å². The molecule has 0 saturated carbocycles. The maximum absolute atomic E-state index is 12.6. The van der Waals surface area contributed by atoms with Crippen LogP contribution in [0.1, 0.15) is 26.7 Å². The third-order valence-electron chi connectivity index (χ3n) is 5.67. The predicted octanol–water partition coefficient (Wildman–Crippen LogP) is 2.51. The first-order chi connectivity index (χ1) is 13.0. The van der Waals surface area contributed by atoms with E-state index in [0.29, 0.717) is 19.7 Å². The van der Waals surface area contributed by atoms with Crippen LogP contribution in [0.3, 0.4) is 0 Å². The lowest BCUT2D eigenvalue weighted by atomic mass is 9.89. The van der Waals surface area contributed by atoms with E-state index >= 15 is 0 Å². The average Bonchev–Trinajstić information content (AvgIpc) is 3.11. The number of hydrogen-bond acceptors (Lipinski definition) is 6. The number of anilines is 1. The number of aliphatic hydroxyl groups excluding tert-OH is 1. The zero-order valence-electron chi connectivity index (χ0n) is 15.9. The molecule has 2 aromatic rings. The average molecular weight is 390 g/mol. The molecule has 1 aromatic heterocycles. The fourth-order valence-corrected chi connectivity index (χ4v) is 4.93. The second-order valence-electron chi connectivity index (χ2n) is 7.93. The number of benzene rings is 1. The molecule has 7 heteroatoms. The minimum Gasteiger partial charge on any atom is -0.383 e. The van der Waals surface area contributed by atoms with Crippen molar-refractivity contribution in [2.45, 2.75) is 38.4 Å². The Bertz CT molecular complexity index is 781. The van der Waals surface area contributed by atoms with Gasteiger partial charge in [-0.15, -0.1) is 0 Å². The van der Waals surface area contributed by atoms with E-state index < -0.39 is 6.10 Å². The van der Waals surface area contributed by atoms with Crippen LogP contribution in [0.2, 0.25) is 0 Å². The molecule has 1 amide bonds. The van der Waals surface area contributed by atoms with E-state index in [0.717, 1.165) is 36.6 Å². The third-order valence-corrected chi connectivity index (χ3v) is 6.77. The van der Waals surface area contributed by atoms with Crippen LogP contribution in [0.25, 0.3) is 10.2 Å². The number of aromatic nitrogens is 1. The van der Waals surface area contributed by atoms with Gasteiger partial charge in [-0.1, -0.05) is 37.3 Å². The van der Waals surface area contributed by atoms with Crippen LogP contribution in [0, 0.1) is 5.92 Å². The Morgan fingerprint density at radius 2 is 2.00 bits per heavy atom. The van der Waals surface area contributed by atoms with Gasteiger partial charge in [0, 0.05) is 26.2 Å². The zero-order valence-corrected chi connectivity index (χ0v) is 16.7. The number of aliphatic hydroxyl groups is 1. The molecule has 2 aliphatic rings. The number of morpholine rings is 1. The number of nitrogens with zero attached hydrogens (tertiary/aromatic N) is 3. The standard InChI is InChI=1S/C20H27N3O3S/c1-14(2)17(24)18(25)23-11-12-26-20(13-23)7-9-22(10-8-20)19-21-15-5-3-4-6-16(15)27-19/h3-6,14,17,24H,7-13H2,1-2H3/t17-/m1/s1. The van der Waals surface area contributed by atoms with E-state index in [-0.39, 0.29) is 17.4 Å². The van der Waals surface area contributed by atoms with E-state index in [4.69, 9.17) is 9.72 Å². The lowest BCUT2D eigenvalue weighted by Gasteiger charge is -2.47. The molecule has 0 unspecified atom stereocenters. The molecule has 1 aromatic carbocycles. The Morgan fingerprint density at radius 1 is 1.26 bits per heavy atom. The first kappa shape index (κ1) is 18.7. The van der Waals surface area contributed by atoms with Crippen LogP contribution in [-0.2, 0) is 9.53 Å². The Kier molecular flexibility index (Phi) is 5.09. The third kappa shape index (κ3) is 3.68. The van der Waals surface area contributed by atoms with Crippen molar-refractivity contribution in [3.8, 4) is 0 Å². The highest BCUT2D eigenvalue weighted by molar-refractivity contribution is 7.22. The van der Waals surface area contributed by atoms with Gasteiger partial charge in [-0.2, -0.15) is 0 Å². The highest BCUT2D eigenvalue weighted by Gasteiger charge is 2.42. The first-order valence-corrected chi connectivity index (χ1v) is 10.5. The Balaban J connectivity index is 1.42. The Labute approximate surface area is 163 Å². The second-order valence-corrected chi connectivity index (χ2v) is 8.94. The monoisotopic (exact) mass is 389 g/mol. The SMILES string of the molecule is CC(C)[C@@H](O)C(=O)N1CCOC2(CCN(c3nc4ccccc4s3)CC2)C1. The number of rotatable bonds is 3. The number of ether oxygens (including phenoxy) is 1. The summed E-state index contributed by atoms with van der Waals surface area (Å²) in [4.78, 5) is 21.4. The summed E-state index contributed by atoms with van der Waals surface area (Å²) in [5.74, 6) is -0.238. The minimum atomic E-state index is -0.928. The molecule has 0 aliphatic carbocycles. The van der Waals surface area contributed by atoms with Gasteiger partial charge in [0.15, 0.2) is 5.13 Å². The van der Waals surface area contributed by atoms with Crippen molar-refractivity contribution in [1.82, 2.24) is 9.88 Å². The fourth-order valence-electron chi connectivity index (χ4n) is 3.91. The molecular weight excluding hydrogens is 362 g/mol. The number of amides is 1. The molecule has 4 rings (SSSR count). The largest absolute Gasteiger partial charge is 0.383 e. The van der Waals surface area contributed by atoms with Crippen LogP contribution in [0.5, 0.6) is 0 Å². The van der Waals surface area contributed by atoms with Crippen LogP contribution in [0.4, 0.5) is 5.13 Å². The van der Waals surface area contributed by atoms with Crippen LogP contribution in [0.15, 0.2) is 24.3 Å². The van der Waals surface area contributed by atoms with E-state index in [9.17, 15) is 9.90 Å². The number of para-hydroxylation sites is 1. The number of piperidine rings is 1. The van der Waals surface area contributed by atoms with Crippen molar-refractivity contribution >= 4 is 32.6 Å². The van der Waals surface area contributed by atoms with Gasteiger partial charge < -0.3 is 19.6 Å². The molecular formula is C20H27N3O3S. The predicted molar refractivity (Wildman–Crippen MR) is 107 cm³/mol. The summed E-state index contributed by atoms with van der Waals surface area (Å²) in [5.41, 5.74) is 0.754. The molecule has 2 fully saturated rings. The molecule has 1 N–H and O–H groups in total. The van der Waals surface area contributed by atoms with Gasteiger partial charge in [-0.25, -0.2) is 4.98 Å². The lowest BCUT2D eigenvalue weighted by Crippen LogP contribution is -2.59. The van der Waals surface area contributed by atoms with Crippen LogP contribution >= 0.6 is 11.3 Å². The van der Waals surface area contributed by atoms with Crippen molar-refractivity contribution in [2.24, 2.45) is 5.92 Å². The summed E-state index contributed by atoms with van der Waals surface area (Å²) in [6, 6.07) is 8.22. The lowest BCUT2D eigenvalue weighted by molar-refractivity contribution is -0.163. The van der Waals surface area contributed by atoms with Gasteiger partial charge in [-0.05, 0) is 30.9 Å². The Hall–Kier alpha value is -1.70. The second kappa shape index (κ2) is 7.37. The van der Waals surface area contributed by atoms with E-state index in [1.165, 1.54) is 4.70 Å². The van der Waals surface area contributed by atoms with Crippen molar-refractivity contribution < 1.29 is 14.6 Å². The molecule has 2 saturated heterocycles. The van der Waals surface area contributed by atoms with Gasteiger partial charge in [0.25, 0.3) is 5.91 Å². The van der Waals surface area contributed by atoms with Gasteiger partial charge in [0.05, 0.1) is 22.4 Å². The number of carbonyl (C=O) groups is 1. The highest BCUT2D eigenvalue weighted by atomic mass is 32.1. The number of hydrogen-bond donors (Lipinski definition) is 1. The molecule has 0 bridgehead atoms. The summed E-state index contributed by atoms with van der Waals surface area (Å²) < 4.78 is 7.36. The number of thiazole rings is 1. The molecule has 146 valence electrons. The molecule has 6 nitrogen and oxygen atoms in total. The first-order valence-electron chi connectivity index (χ1n) is 9.69. The maximum Gasteiger partial charge on any atom is 0.251 e. The van der Waals surface area contributed by atoms with Crippen LogP contribution < -0.4 is 4.90 Å². The number of carbonyl (C=O) groups excluding carboxylic acids is 1. The molecule has 27 heavy (non-hydrogen) atoms. The minimum absolute atomic E-state index is 0.0721. The molecule has 1 spiro atoms. The van der Waals surface area contributed by atoms with Crippen molar-refractivity contribution in [3.63, 3.8) is 0 Å². The summed E-state index contributed by atoms with van der Waals surface area (Å²) in [6.45, 7) is 7.15. The van der Waals surface area contributed by atoms with Gasteiger partial charge >= 0.3 is 0 Å². The topological polar surface area (TPSA) is 65.9 Å². The summed E-state index contributed by atoms with van der Waals surface area (Å²) in [7, 11) is 0. The summed E-state index contributed by atoms with van der Waals surface area (Å²) in [6.07, 6.45) is 0.803. The molecule has 0 radical (unpaired) electrons. The van der Waals surface area contributed by atoms with Gasteiger partial charge in [-0.3, -0.25) is 4.79 Å². The fraction of sp³-hybridized carbons (Fsp3) is 0.600. The Morgan fingerprint density at radius 3 is 2.70 bits per heavy atom.